The number of benzene rings is 2. The molecule has 2 heterocycles. The third-order valence-corrected chi connectivity index (χ3v) is 5.39. The van der Waals surface area contributed by atoms with E-state index >= 15 is 0 Å². The van der Waals surface area contributed by atoms with Gasteiger partial charge < -0.3 is 9.42 Å². The van der Waals surface area contributed by atoms with Crippen molar-refractivity contribution in [3.05, 3.63) is 70.6 Å². The van der Waals surface area contributed by atoms with Gasteiger partial charge in [0.05, 0.1) is 5.92 Å². The first-order chi connectivity index (χ1) is 13.5. The molecule has 1 unspecified atom stereocenters. The zero-order valence-corrected chi connectivity index (χ0v) is 16.6. The molecule has 1 saturated heterocycles. The summed E-state index contributed by atoms with van der Waals surface area (Å²) < 4.78 is 5.53. The maximum Gasteiger partial charge on any atom is 0.232 e. The number of aromatic nitrogens is 2. The summed E-state index contributed by atoms with van der Waals surface area (Å²) in [5, 5.41) is 4.17. The molecule has 0 radical (unpaired) electrons. The Kier molecular flexibility index (Phi) is 4.99. The Balaban J connectivity index is 1.44. The van der Waals surface area contributed by atoms with E-state index in [0.717, 1.165) is 29.7 Å². The SMILES string of the molecule is Cc1cccc(CCN2CC(c3nc(-c4cc(C)ccc4C)no3)CC2=O)c1. The highest BCUT2D eigenvalue weighted by atomic mass is 16.5. The lowest BCUT2D eigenvalue weighted by Gasteiger charge is -2.16. The van der Waals surface area contributed by atoms with E-state index in [4.69, 9.17) is 4.52 Å². The number of aryl methyl sites for hydroxylation is 3. The Labute approximate surface area is 165 Å². The number of likely N-dealkylation sites (tertiary alicyclic amines) is 1. The zero-order chi connectivity index (χ0) is 19.7. The molecule has 1 aliphatic heterocycles. The quantitative estimate of drug-likeness (QED) is 0.670. The first-order valence-electron chi connectivity index (χ1n) is 9.74. The molecule has 4 rings (SSSR count). The molecule has 0 saturated carbocycles. The first kappa shape index (κ1) is 18.4. The minimum atomic E-state index is -0.0311. The summed E-state index contributed by atoms with van der Waals surface area (Å²) in [5.74, 6) is 1.28. The smallest absolute Gasteiger partial charge is 0.232 e. The van der Waals surface area contributed by atoms with Crippen molar-refractivity contribution in [2.45, 2.75) is 39.5 Å². The van der Waals surface area contributed by atoms with E-state index in [-0.39, 0.29) is 11.8 Å². The molecular formula is C23H25N3O2. The summed E-state index contributed by atoms with van der Waals surface area (Å²) in [7, 11) is 0. The van der Waals surface area contributed by atoms with Crippen LogP contribution in [0.4, 0.5) is 0 Å². The van der Waals surface area contributed by atoms with Gasteiger partial charge in [-0.3, -0.25) is 4.79 Å². The van der Waals surface area contributed by atoms with E-state index in [2.05, 4.69) is 59.5 Å². The lowest BCUT2D eigenvalue weighted by atomic mass is 10.1. The lowest BCUT2D eigenvalue weighted by molar-refractivity contribution is -0.127. The fourth-order valence-corrected chi connectivity index (χ4v) is 3.77. The zero-order valence-electron chi connectivity index (χ0n) is 16.6. The molecule has 5 heteroatoms. The molecule has 28 heavy (non-hydrogen) atoms. The Hall–Kier alpha value is -2.95. The van der Waals surface area contributed by atoms with Crippen LogP contribution in [0.5, 0.6) is 0 Å². The first-order valence-corrected chi connectivity index (χ1v) is 9.74. The monoisotopic (exact) mass is 375 g/mol. The Morgan fingerprint density at radius 3 is 2.75 bits per heavy atom. The van der Waals surface area contributed by atoms with Crippen LogP contribution in [0.25, 0.3) is 11.4 Å². The Morgan fingerprint density at radius 1 is 1.11 bits per heavy atom. The third kappa shape index (κ3) is 3.84. The van der Waals surface area contributed by atoms with Crippen LogP contribution in [0, 0.1) is 20.8 Å². The molecule has 144 valence electrons. The minimum absolute atomic E-state index is 0.0311. The van der Waals surface area contributed by atoms with Crippen LogP contribution in [0.15, 0.2) is 47.0 Å². The van der Waals surface area contributed by atoms with Crippen molar-refractivity contribution in [1.82, 2.24) is 15.0 Å². The second kappa shape index (κ2) is 7.58. The van der Waals surface area contributed by atoms with Gasteiger partial charge in [0.1, 0.15) is 0 Å². The van der Waals surface area contributed by atoms with Crippen LogP contribution in [-0.4, -0.2) is 34.0 Å². The number of nitrogens with zero attached hydrogens (tertiary/aromatic N) is 3. The second-order valence-electron chi connectivity index (χ2n) is 7.75. The predicted molar refractivity (Wildman–Crippen MR) is 108 cm³/mol. The lowest BCUT2D eigenvalue weighted by Crippen LogP contribution is -2.27. The van der Waals surface area contributed by atoms with Gasteiger partial charge in [-0.2, -0.15) is 4.98 Å². The molecule has 0 bridgehead atoms. The second-order valence-corrected chi connectivity index (χ2v) is 7.75. The summed E-state index contributed by atoms with van der Waals surface area (Å²) in [6.45, 7) is 7.53. The summed E-state index contributed by atoms with van der Waals surface area (Å²) in [5.41, 5.74) is 5.75. The highest BCUT2D eigenvalue weighted by molar-refractivity contribution is 5.79. The van der Waals surface area contributed by atoms with Gasteiger partial charge in [0.2, 0.25) is 17.6 Å². The van der Waals surface area contributed by atoms with Crippen LogP contribution in [0.3, 0.4) is 0 Å². The molecular weight excluding hydrogens is 350 g/mol. The van der Waals surface area contributed by atoms with Gasteiger partial charge >= 0.3 is 0 Å². The molecule has 1 aliphatic rings. The summed E-state index contributed by atoms with van der Waals surface area (Å²) in [6.07, 6.45) is 1.29. The fraction of sp³-hybridized carbons (Fsp3) is 0.348. The molecule has 1 aromatic heterocycles. The standard InChI is InChI=1S/C23H25N3O2/c1-15-5-4-6-18(11-15)9-10-26-14-19(13-21(26)27)23-24-22(25-28-23)20-12-16(2)7-8-17(20)3/h4-8,11-12,19H,9-10,13-14H2,1-3H3. The van der Waals surface area contributed by atoms with Crippen LogP contribution in [-0.2, 0) is 11.2 Å². The van der Waals surface area contributed by atoms with Gasteiger partial charge in [-0.15, -0.1) is 0 Å². The Morgan fingerprint density at radius 2 is 1.93 bits per heavy atom. The molecule has 1 atom stereocenters. The summed E-state index contributed by atoms with van der Waals surface area (Å²) >= 11 is 0. The third-order valence-electron chi connectivity index (χ3n) is 5.39. The van der Waals surface area contributed by atoms with Gasteiger partial charge in [0, 0.05) is 25.1 Å². The topological polar surface area (TPSA) is 59.2 Å². The predicted octanol–water partition coefficient (Wildman–Crippen LogP) is 4.22. The highest BCUT2D eigenvalue weighted by Crippen LogP contribution is 2.30. The molecule has 3 aromatic rings. The number of carbonyl (C=O) groups excluding carboxylic acids is 1. The molecule has 5 nitrogen and oxygen atoms in total. The molecule has 0 spiro atoms. The number of rotatable bonds is 5. The van der Waals surface area contributed by atoms with E-state index in [1.54, 1.807) is 0 Å². The normalized spacial score (nSPS) is 16.8. The van der Waals surface area contributed by atoms with E-state index < -0.39 is 0 Å². The minimum Gasteiger partial charge on any atom is -0.342 e. The maximum atomic E-state index is 12.5. The van der Waals surface area contributed by atoms with Crippen molar-refractivity contribution in [1.29, 1.82) is 0 Å². The van der Waals surface area contributed by atoms with Crippen molar-refractivity contribution < 1.29 is 9.32 Å². The van der Waals surface area contributed by atoms with E-state index in [1.165, 1.54) is 11.1 Å². The average molecular weight is 375 g/mol. The van der Waals surface area contributed by atoms with Crippen molar-refractivity contribution >= 4 is 5.91 Å². The summed E-state index contributed by atoms with van der Waals surface area (Å²) in [4.78, 5) is 19.0. The molecule has 1 fully saturated rings. The Bertz CT molecular complexity index is 1010. The van der Waals surface area contributed by atoms with Gasteiger partial charge in [-0.25, -0.2) is 0 Å². The summed E-state index contributed by atoms with van der Waals surface area (Å²) in [6, 6.07) is 14.6. The van der Waals surface area contributed by atoms with Crippen molar-refractivity contribution in [3.8, 4) is 11.4 Å². The van der Waals surface area contributed by atoms with Crippen molar-refractivity contribution in [3.63, 3.8) is 0 Å². The van der Waals surface area contributed by atoms with Crippen LogP contribution < -0.4 is 0 Å². The van der Waals surface area contributed by atoms with Crippen molar-refractivity contribution in [2.24, 2.45) is 0 Å². The maximum absolute atomic E-state index is 12.5. The van der Waals surface area contributed by atoms with Crippen molar-refractivity contribution in [2.75, 3.05) is 13.1 Å². The van der Waals surface area contributed by atoms with Gasteiger partial charge in [0.15, 0.2) is 0 Å². The van der Waals surface area contributed by atoms with E-state index in [1.807, 2.05) is 18.7 Å². The van der Waals surface area contributed by atoms with Gasteiger partial charge in [-0.1, -0.05) is 52.7 Å². The highest BCUT2D eigenvalue weighted by Gasteiger charge is 2.34. The van der Waals surface area contributed by atoms with Crippen LogP contribution >= 0.6 is 0 Å². The fourth-order valence-electron chi connectivity index (χ4n) is 3.77. The number of hydrogen-bond acceptors (Lipinski definition) is 4. The van der Waals surface area contributed by atoms with Gasteiger partial charge in [-0.05, 0) is 44.4 Å². The van der Waals surface area contributed by atoms with E-state index in [0.29, 0.717) is 24.7 Å². The van der Waals surface area contributed by atoms with Gasteiger partial charge in [0.25, 0.3) is 0 Å². The van der Waals surface area contributed by atoms with Crippen LogP contribution in [0.1, 0.15) is 40.5 Å². The van der Waals surface area contributed by atoms with Crippen LogP contribution in [0.2, 0.25) is 0 Å². The van der Waals surface area contributed by atoms with E-state index in [9.17, 15) is 4.79 Å². The number of amides is 1. The molecule has 1 amide bonds. The number of carbonyl (C=O) groups is 1. The number of hydrogen-bond donors (Lipinski definition) is 0. The molecule has 2 aromatic carbocycles. The largest absolute Gasteiger partial charge is 0.342 e. The molecule has 0 aliphatic carbocycles. The molecule has 0 N–H and O–H groups in total. The average Bonchev–Trinajstić information content (AvgIpc) is 3.29.